The Balaban J connectivity index is 0. The monoisotopic (exact) mass is 148 g/mol. The van der Waals surface area contributed by atoms with Crippen LogP contribution in [0.2, 0.25) is 0 Å². The van der Waals surface area contributed by atoms with Crippen molar-refractivity contribution >= 4 is 7.92 Å². The first-order chi connectivity index (χ1) is 2.27. The molecule has 0 amide bonds. The Kier molecular flexibility index (Phi) is 9.89. The molecule has 0 bridgehead atoms. The third kappa shape index (κ3) is 8.87. The molecular weight excluding hydrogens is 138 g/mol. The van der Waals surface area contributed by atoms with E-state index in [4.69, 9.17) is 0 Å². The van der Waals surface area contributed by atoms with Gasteiger partial charge in [0.15, 0.2) is 0 Å². The van der Waals surface area contributed by atoms with E-state index in [9.17, 15) is 0 Å². The van der Waals surface area contributed by atoms with Gasteiger partial charge in [-0.05, 0) is 19.5 Å². The fourth-order valence-electron chi connectivity index (χ4n) is 0. The first-order valence-electron chi connectivity index (χ1n) is 1.92. The molecular formula is C4H11NiP. The first-order valence-corrected chi connectivity index (χ1v) is 4.34. The molecule has 0 saturated heterocycles. The van der Waals surface area contributed by atoms with Crippen LogP contribution in [-0.2, 0) is 16.5 Å². The van der Waals surface area contributed by atoms with Crippen LogP contribution in [0.5, 0.6) is 0 Å². The largest absolute Gasteiger partial charge is 0.113 e. The van der Waals surface area contributed by atoms with Gasteiger partial charge in [0.2, 0.25) is 0 Å². The molecule has 0 aromatic heterocycles. The summed E-state index contributed by atoms with van der Waals surface area (Å²) >= 11 is 0. The molecule has 0 fully saturated rings. The molecule has 0 atom stereocenters. The van der Waals surface area contributed by atoms with Crippen molar-refractivity contribution in [1.82, 2.24) is 0 Å². The molecule has 0 radical (unpaired) electrons. The fourth-order valence-corrected chi connectivity index (χ4v) is 0. The van der Waals surface area contributed by atoms with Gasteiger partial charge in [0.1, 0.15) is 0 Å². The molecule has 42 valence electrons. The summed E-state index contributed by atoms with van der Waals surface area (Å²) in [7, 11) is 0.402. The van der Waals surface area contributed by atoms with E-state index >= 15 is 0 Å². The Morgan fingerprint density at radius 3 is 1.50 bits per heavy atom. The van der Waals surface area contributed by atoms with E-state index in [1.807, 2.05) is 0 Å². The second-order valence-corrected chi connectivity index (χ2v) is 4.19. The van der Waals surface area contributed by atoms with Crippen LogP contribution in [-0.4, -0.2) is 19.5 Å². The van der Waals surface area contributed by atoms with Gasteiger partial charge in [-0.15, -0.1) is 7.92 Å². The van der Waals surface area contributed by atoms with E-state index in [0.29, 0.717) is 7.92 Å². The van der Waals surface area contributed by atoms with E-state index in [-0.39, 0.29) is 16.5 Å². The van der Waals surface area contributed by atoms with Gasteiger partial charge in [0.25, 0.3) is 0 Å². The van der Waals surface area contributed by atoms with Crippen molar-refractivity contribution in [1.29, 1.82) is 0 Å². The Bertz CT molecular complexity index is 21.5. The summed E-state index contributed by atoms with van der Waals surface area (Å²) in [4.78, 5) is 0. The van der Waals surface area contributed by atoms with Crippen molar-refractivity contribution in [2.24, 2.45) is 0 Å². The normalized spacial score (nSPS) is 8.00. The summed E-state index contributed by atoms with van der Waals surface area (Å²) in [6.07, 6.45) is 1.37. The SMILES string of the molecule is CCP(C)C.[Ni]. The minimum absolute atomic E-state index is 0. The summed E-state index contributed by atoms with van der Waals surface area (Å²) in [5, 5.41) is 0. The van der Waals surface area contributed by atoms with Crippen molar-refractivity contribution in [3.63, 3.8) is 0 Å². The maximum absolute atomic E-state index is 2.29. The van der Waals surface area contributed by atoms with Gasteiger partial charge in [-0.25, -0.2) is 0 Å². The minimum atomic E-state index is 0. The molecule has 0 saturated carbocycles. The summed E-state index contributed by atoms with van der Waals surface area (Å²) in [6, 6.07) is 0. The Labute approximate surface area is 51.4 Å². The first kappa shape index (κ1) is 10.0. The number of rotatable bonds is 1. The average molecular weight is 149 g/mol. The van der Waals surface area contributed by atoms with Crippen LogP contribution in [0.25, 0.3) is 0 Å². The second kappa shape index (κ2) is 5.92. The number of hydrogen-bond acceptors (Lipinski definition) is 0. The maximum Gasteiger partial charge on any atom is 0 e. The van der Waals surface area contributed by atoms with Crippen LogP contribution in [0, 0.1) is 0 Å². The summed E-state index contributed by atoms with van der Waals surface area (Å²) in [5.74, 6) is 0. The van der Waals surface area contributed by atoms with Gasteiger partial charge < -0.3 is 0 Å². The van der Waals surface area contributed by atoms with Crippen LogP contribution < -0.4 is 0 Å². The Morgan fingerprint density at radius 2 is 1.50 bits per heavy atom. The molecule has 0 aliphatic heterocycles. The molecule has 0 aliphatic carbocycles. The zero-order valence-electron chi connectivity index (χ0n) is 4.47. The molecule has 0 aliphatic rings. The van der Waals surface area contributed by atoms with Crippen molar-refractivity contribution in [3.05, 3.63) is 0 Å². The van der Waals surface area contributed by atoms with Gasteiger partial charge in [-0.3, -0.25) is 0 Å². The second-order valence-electron chi connectivity index (χ2n) is 1.40. The van der Waals surface area contributed by atoms with Crippen LogP contribution in [0.15, 0.2) is 0 Å². The van der Waals surface area contributed by atoms with E-state index in [2.05, 4.69) is 20.3 Å². The van der Waals surface area contributed by atoms with Crippen molar-refractivity contribution in [2.45, 2.75) is 6.92 Å². The van der Waals surface area contributed by atoms with Gasteiger partial charge in [0, 0.05) is 16.5 Å². The molecule has 0 rings (SSSR count). The van der Waals surface area contributed by atoms with Crippen molar-refractivity contribution in [2.75, 3.05) is 19.5 Å². The Hall–Kier alpha value is 0.924. The standard InChI is InChI=1S/C4H11P.Ni/c1-4-5(2)3;/h4H2,1-3H3;. The van der Waals surface area contributed by atoms with Gasteiger partial charge in [-0.1, -0.05) is 6.92 Å². The molecule has 0 heterocycles. The van der Waals surface area contributed by atoms with Crippen LogP contribution in [0.3, 0.4) is 0 Å². The summed E-state index contributed by atoms with van der Waals surface area (Å²) < 4.78 is 0. The maximum atomic E-state index is 2.29. The zero-order chi connectivity index (χ0) is 4.28. The molecule has 0 N–H and O–H groups in total. The Morgan fingerprint density at radius 1 is 1.33 bits per heavy atom. The van der Waals surface area contributed by atoms with Gasteiger partial charge in [0.05, 0.1) is 0 Å². The molecule has 6 heavy (non-hydrogen) atoms. The predicted molar refractivity (Wildman–Crippen MR) is 29.3 cm³/mol. The molecule has 0 aromatic carbocycles. The average Bonchev–Trinajstić information content (AvgIpc) is 1.38. The molecule has 0 unspecified atom stereocenters. The van der Waals surface area contributed by atoms with E-state index in [1.54, 1.807) is 0 Å². The smallest absolute Gasteiger partial charge is 0 e. The van der Waals surface area contributed by atoms with Gasteiger partial charge >= 0.3 is 0 Å². The van der Waals surface area contributed by atoms with E-state index in [0.717, 1.165) is 0 Å². The van der Waals surface area contributed by atoms with E-state index < -0.39 is 0 Å². The number of hydrogen-bond donors (Lipinski definition) is 0. The third-order valence-electron chi connectivity index (χ3n) is 0.632. The van der Waals surface area contributed by atoms with Crippen molar-refractivity contribution < 1.29 is 16.5 Å². The van der Waals surface area contributed by atoms with E-state index in [1.165, 1.54) is 6.16 Å². The van der Waals surface area contributed by atoms with Crippen molar-refractivity contribution in [3.8, 4) is 0 Å². The molecule has 0 spiro atoms. The third-order valence-corrected chi connectivity index (χ3v) is 1.90. The van der Waals surface area contributed by atoms with Crippen LogP contribution in [0.1, 0.15) is 6.92 Å². The molecule has 2 heteroatoms. The quantitative estimate of drug-likeness (QED) is 0.393. The van der Waals surface area contributed by atoms with Crippen LogP contribution in [0.4, 0.5) is 0 Å². The summed E-state index contributed by atoms with van der Waals surface area (Å²) in [5.41, 5.74) is 0. The topological polar surface area (TPSA) is 0 Å². The predicted octanol–water partition coefficient (Wildman–Crippen LogP) is 1.75. The van der Waals surface area contributed by atoms with Gasteiger partial charge in [-0.2, -0.15) is 0 Å². The molecule has 0 nitrogen and oxygen atoms in total. The molecule has 0 aromatic rings. The fraction of sp³-hybridized carbons (Fsp3) is 1.00. The minimum Gasteiger partial charge on any atom is -0.113 e. The summed E-state index contributed by atoms with van der Waals surface area (Å²) in [6.45, 7) is 6.80. The van der Waals surface area contributed by atoms with Crippen LogP contribution >= 0.6 is 7.92 Å². The zero-order valence-corrected chi connectivity index (χ0v) is 6.35.